The first kappa shape index (κ1) is 13.9. The maximum atomic E-state index is 6.05. The number of aromatic nitrogens is 4. The van der Waals surface area contributed by atoms with Crippen molar-refractivity contribution in [1.29, 1.82) is 0 Å². The van der Waals surface area contributed by atoms with E-state index in [1.54, 1.807) is 11.3 Å². The summed E-state index contributed by atoms with van der Waals surface area (Å²) >= 11 is 1.61. The molecule has 2 aromatic rings. The number of ether oxygens (including phenoxy) is 1. The Balaban J connectivity index is 2.06. The van der Waals surface area contributed by atoms with Crippen LogP contribution in [0.3, 0.4) is 0 Å². The lowest BCUT2D eigenvalue weighted by Gasteiger charge is -2.33. The quantitative estimate of drug-likeness (QED) is 0.908. The first-order valence-corrected chi connectivity index (χ1v) is 7.79. The van der Waals surface area contributed by atoms with Crippen LogP contribution in [0, 0.1) is 0 Å². The van der Waals surface area contributed by atoms with Gasteiger partial charge in [0, 0.05) is 30.6 Å². The Morgan fingerprint density at radius 1 is 1.30 bits per heavy atom. The van der Waals surface area contributed by atoms with Crippen LogP contribution >= 0.6 is 11.3 Å². The molecule has 0 unspecified atom stereocenters. The summed E-state index contributed by atoms with van der Waals surface area (Å²) in [5.74, 6) is 0.897. The van der Waals surface area contributed by atoms with E-state index < -0.39 is 0 Å². The first-order chi connectivity index (χ1) is 9.46. The van der Waals surface area contributed by atoms with Gasteiger partial charge in [-0.2, -0.15) is 9.61 Å². The minimum atomic E-state index is -0.0731. The number of hydrogen-bond donors (Lipinski definition) is 1. The second kappa shape index (κ2) is 4.75. The third kappa shape index (κ3) is 2.13. The Labute approximate surface area is 122 Å². The number of nitrogens with zero attached hydrogens (tertiary/aromatic N) is 4. The summed E-state index contributed by atoms with van der Waals surface area (Å²) in [6.07, 6.45) is 1.86. The fraction of sp³-hybridized carbons (Fsp3) is 0.769. The van der Waals surface area contributed by atoms with Gasteiger partial charge < -0.3 is 10.5 Å². The number of hydrogen-bond acceptors (Lipinski definition) is 6. The highest BCUT2D eigenvalue weighted by Gasteiger charge is 2.37. The molecule has 0 spiro atoms. The Hall–Kier alpha value is -1.05. The number of fused-ring (bicyclic) bond motifs is 1. The van der Waals surface area contributed by atoms with E-state index in [1.165, 1.54) is 0 Å². The van der Waals surface area contributed by atoms with Gasteiger partial charge in [0.2, 0.25) is 4.96 Å². The minimum absolute atomic E-state index is 0.0568. The molecule has 0 amide bonds. The predicted octanol–water partition coefficient (Wildman–Crippen LogP) is 1.49. The topological polar surface area (TPSA) is 78.3 Å². The van der Waals surface area contributed by atoms with Crippen LogP contribution in [0.4, 0.5) is 0 Å². The van der Waals surface area contributed by atoms with Crippen LogP contribution in [-0.2, 0) is 15.6 Å². The van der Waals surface area contributed by atoms with Gasteiger partial charge in [0.15, 0.2) is 5.82 Å². The molecule has 0 saturated carbocycles. The van der Waals surface area contributed by atoms with Gasteiger partial charge in [0.05, 0.1) is 0 Å². The molecule has 2 N–H and O–H groups in total. The summed E-state index contributed by atoms with van der Waals surface area (Å²) in [4.78, 5) is 0.851. The van der Waals surface area contributed by atoms with E-state index in [1.807, 2.05) is 4.52 Å². The van der Waals surface area contributed by atoms with Crippen molar-refractivity contribution in [3.63, 3.8) is 0 Å². The van der Waals surface area contributed by atoms with Crippen LogP contribution < -0.4 is 5.73 Å². The zero-order valence-corrected chi connectivity index (χ0v) is 13.0. The highest BCUT2D eigenvalue weighted by atomic mass is 32.1. The first-order valence-electron chi connectivity index (χ1n) is 6.97. The SMILES string of the molecule is CC(C)(C)c1nnc2sc(C3(CN)CCOCC3)nn12. The van der Waals surface area contributed by atoms with Crippen LogP contribution in [0.25, 0.3) is 4.96 Å². The van der Waals surface area contributed by atoms with Crippen molar-refractivity contribution in [2.45, 2.75) is 44.4 Å². The molecule has 1 fully saturated rings. The minimum Gasteiger partial charge on any atom is -0.381 e. The molecule has 20 heavy (non-hydrogen) atoms. The summed E-state index contributed by atoms with van der Waals surface area (Å²) in [6, 6.07) is 0. The molecule has 2 aromatic heterocycles. The third-order valence-electron chi connectivity index (χ3n) is 3.96. The smallest absolute Gasteiger partial charge is 0.234 e. The van der Waals surface area contributed by atoms with Gasteiger partial charge >= 0.3 is 0 Å². The Bertz CT molecular complexity index is 606. The molecule has 6 nitrogen and oxygen atoms in total. The molecule has 1 saturated heterocycles. The fourth-order valence-electron chi connectivity index (χ4n) is 2.57. The second-order valence-electron chi connectivity index (χ2n) is 6.47. The van der Waals surface area contributed by atoms with Crippen molar-refractivity contribution >= 4 is 16.3 Å². The summed E-state index contributed by atoms with van der Waals surface area (Å²) in [5, 5.41) is 14.4. The van der Waals surface area contributed by atoms with Crippen molar-refractivity contribution < 1.29 is 4.74 Å². The molecule has 3 rings (SSSR count). The van der Waals surface area contributed by atoms with Crippen LogP contribution in [0.15, 0.2) is 0 Å². The van der Waals surface area contributed by atoms with Crippen LogP contribution in [0.2, 0.25) is 0 Å². The van der Waals surface area contributed by atoms with Crippen LogP contribution in [0.1, 0.15) is 44.4 Å². The van der Waals surface area contributed by atoms with Gasteiger partial charge in [0.1, 0.15) is 5.01 Å². The maximum Gasteiger partial charge on any atom is 0.234 e. The Kier molecular flexibility index (Phi) is 3.30. The molecular weight excluding hydrogens is 274 g/mol. The van der Waals surface area contributed by atoms with Gasteiger partial charge in [-0.25, -0.2) is 0 Å². The van der Waals surface area contributed by atoms with Crippen molar-refractivity contribution in [3.05, 3.63) is 10.8 Å². The second-order valence-corrected chi connectivity index (χ2v) is 7.43. The number of nitrogens with two attached hydrogens (primary N) is 1. The molecular formula is C13H21N5OS. The predicted molar refractivity (Wildman–Crippen MR) is 78.1 cm³/mol. The Morgan fingerprint density at radius 3 is 2.60 bits per heavy atom. The zero-order chi connectivity index (χ0) is 14.4. The molecule has 0 atom stereocenters. The summed E-state index contributed by atoms with van der Waals surface area (Å²) in [7, 11) is 0. The van der Waals surface area contributed by atoms with Crippen molar-refractivity contribution in [1.82, 2.24) is 19.8 Å². The third-order valence-corrected chi connectivity index (χ3v) is 5.10. The molecule has 110 valence electrons. The van der Waals surface area contributed by atoms with E-state index in [2.05, 4.69) is 31.0 Å². The Morgan fingerprint density at radius 2 is 2.00 bits per heavy atom. The molecule has 7 heteroatoms. The van der Waals surface area contributed by atoms with E-state index in [4.69, 9.17) is 15.6 Å². The van der Waals surface area contributed by atoms with Gasteiger partial charge in [-0.1, -0.05) is 32.1 Å². The highest BCUT2D eigenvalue weighted by Crippen LogP contribution is 2.36. The summed E-state index contributed by atoms with van der Waals surface area (Å²) in [6.45, 7) is 8.47. The van der Waals surface area contributed by atoms with Crippen LogP contribution in [-0.4, -0.2) is 39.6 Å². The lowest BCUT2D eigenvalue weighted by atomic mass is 9.81. The molecule has 0 aliphatic carbocycles. The van der Waals surface area contributed by atoms with E-state index in [9.17, 15) is 0 Å². The molecule has 0 radical (unpaired) electrons. The highest BCUT2D eigenvalue weighted by molar-refractivity contribution is 7.16. The van der Waals surface area contributed by atoms with E-state index in [-0.39, 0.29) is 10.8 Å². The molecule has 3 heterocycles. The standard InChI is InChI=1S/C13H21N5OS/c1-12(2,3)9-15-16-11-18(9)17-10(20-11)13(8-14)4-6-19-7-5-13/h4-8,14H2,1-3H3. The summed E-state index contributed by atoms with van der Waals surface area (Å²) in [5.41, 5.74) is 5.92. The van der Waals surface area contributed by atoms with Gasteiger partial charge in [0.25, 0.3) is 0 Å². The van der Waals surface area contributed by atoms with E-state index in [0.717, 1.165) is 41.8 Å². The maximum absolute atomic E-state index is 6.05. The van der Waals surface area contributed by atoms with E-state index >= 15 is 0 Å². The monoisotopic (exact) mass is 295 g/mol. The van der Waals surface area contributed by atoms with Gasteiger partial charge in [-0.3, -0.25) is 0 Å². The van der Waals surface area contributed by atoms with Gasteiger partial charge in [-0.15, -0.1) is 10.2 Å². The number of rotatable bonds is 2. The van der Waals surface area contributed by atoms with Crippen molar-refractivity contribution in [3.8, 4) is 0 Å². The normalized spacial score (nSPS) is 19.6. The fourth-order valence-corrected chi connectivity index (χ4v) is 3.66. The van der Waals surface area contributed by atoms with E-state index in [0.29, 0.717) is 6.54 Å². The molecule has 1 aliphatic heterocycles. The van der Waals surface area contributed by atoms with Crippen molar-refractivity contribution in [2.24, 2.45) is 5.73 Å². The van der Waals surface area contributed by atoms with Gasteiger partial charge in [-0.05, 0) is 12.8 Å². The molecule has 0 bridgehead atoms. The average molecular weight is 295 g/mol. The largest absolute Gasteiger partial charge is 0.381 e. The zero-order valence-electron chi connectivity index (χ0n) is 12.2. The van der Waals surface area contributed by atoms with Crippen molar-refractivity contribution in [2.75, 3.05) is 19.8 Å². The van der Waals surface area contributed by atoms with Crippen LogP contribution in [0.5, 0.6) is 0 Å². The molecule has 0 aromatic carbocycles. The summed E-state index contributed by atoms with van der Waals surface area (Å²) < 4.78 is 7.35. The average Bonchev–Trinajstić information content (AvgIpc) is 2.98. The lowest BCUT2D eigenvalue weighted by Crippen LogP contribution is -2.40. The lowest BCUT2D eigenvalue weighted by molar-refractivity contribution is 0.0525. The molecule has 1 aliphatic rings.